The lowest BCUT2D eigenvalue weighted by atomic mass is 10.2. The van der Waals surface area contributed by atoms with Gasteiger partial charge in [0.05, 0.1) is 10.4 Å². The molecule has 0 aliphatic heterocycles. The Kier molecular flexibility index (Phi) is 6.31. The van der Waals surface area contributed by atoms with Gasteiger partial charge in [-0.1, -0.05) is 36.4 Å². The van der Waals surface area contributed by atoms with E-state index in [9.17, 15) is 9.90 Å². The molecule has 3 aromatic rings. The number of carboxylic acids is 1. The molecule has 0 aliphatic carbocycles. The van der Waals surface area contributed by atoms with Gasteiger partial charge in [0.25, 0.3) is 0 Å². The maximum absolute atomic E-state index is 11.4. The minimum atomic E-state index is -1.29. The van der Waals surface area contributed by atoms with Gasteiger partial charge in [0.2, 0.25) is 5.16 Å². The molecule has 3 rings (SSSR count). The van der Waals surface area contributed by atoms with Gasteiger partial charge in [0.1, 0.15) is 18.2 Å². The molecule has 6 nitrogen and oxygen atoms in total. The number of aromatic nitrogens is 3. The number of aliphatic carboxylic acids is 1. The van der Waals surface area contributed by atoms with Gasteiger partial charge in [-0.3, -0.25) is 5.10 Å². The summed E-state index contributed by atoms with van der Waals surface area (Å²) in [4.78, 5) is 15.5. The van der Waals surface area contributed by atoms with Crippen LogP contribution in [0, 0.1) is 6.92 Å². The lowest BCUT2D eigenvalue weighted by Crippen LogP contribution is -2.23. The molecule has 0 radical (unpaired) electrons. The standard InChI is InChI=1S/C19H16BrN3O3S/c1-12-21-19(23-22-12)27-17(18(24)25)10-14-7-8-16(15(20)9-14)26-11-13-5-3-2-4-6-13/h2-10H,11H2,1H3,(H,24,25)(H,21,22,23)/p-1/b17-10-. The van der Waals surface area contributed by atoms with Crippen molar-refractivity contribution < 1.29 is 14.6 Å². The van der Waals surface area contributed by atoms with Crippen molar-refractivity contribution in [2.45, 2.75) is 18.7 Å². The second-order valence-electron chi connectivity index (χ2n) is 5.57. The fraction of sp³-hybridized carbons (Fsp3) is 0.105. The molecule has 0 unspecified atom stereocenters. The van der Waals surface area contributed by atoms with Crippen LogP contribution in [0.4, 0.5) is 0 Å². The van der Waals surface area contributed by atoms with E-state index >= 15 is 0 Å². The van der Waals surface area contributed by atoms with Crippen LogP contribution in [-0.4, -0.2) is 21.2 Å². The molecular formula is C19H15BrN3O3S-. The Morgan fingerprint density at radius 1 is 1.30 bits per heavy atom. The number of benzene rings is 2. The number of ether oxygens (including phenoxy) is 1. The number of H-pyrrole nitrogens is 1. The number of halogens is 1. The normalized spacial score (nSPS) is 11.4. The summed E-state index contributed by atoms with van der Waals surface area (Å²) in [5.41, 5.74) is 1.75. The van der Waals surface area contributed by atoms with Crippen LogP contribution >= 0.6 is 27.7 Å². The summed E-state index contributed by atoms with van der Waals surface area (Å²) in [7, 11) is 0. The molecule has 0 spiro atoms. The number of carbonyl (C=O) groups is 1. The first-order valence-corrected chi connectivity index (χ1v) is 9.58. The van der Waals surface area contributed by atoms with E-state index in [2.05, 4.69) is 31.1 Å². The number of hydrogen-bond acceptors (Lipinski definition) is 6. The molecule has 0 saturated heterocycles. The van der Waals surface area contributed by atoms with E-state index < -0.39 is 5.97 Å². The average Bonchev–Trinajstić information content (AvgIpc) is 3.06. The third kappa shape index (κ3) is 5.45. The molecule has 0 amide bonds. The fourth-order valence-electron chi connectivity index (χ4n) is 2.21. The van der Waals surface area contributed by atoms with Crippen molar-refractivity contribution in [1.82, 2.24) is 15.2 Å². The molecule has 0 aliphatic rings. The van der Waals surface area contributed by atoms with E-state index in [-0.39, 0.29) is 4.91 Å². The first kappa shape index (κ1) is 19.2. The van der Waals surface area contributed by atoms with E-state index in [1.165, 1.54) is 6.08 Å². The van der Waals surface area contributed by atoms with Crippen molar-refractivity contribution in [2.75, 3.05) is 0 Å². The van der Waals surface area contributed by atoms with Crippen LogP contribution in [0.1, 0.15) is 17.0 Å². The van der Waals surface area contributed by atoms with Gasteiger partial charge in [0, 0.05) is 4.91 Å². The Morgan fingerprint density at radius 2 is 2.07 bits per heavy atom. The maximum Gasteiger partial charge on any atom is 0.213 e. The largest absolute Gasteiger partial charge is 0.544 e. The van der Waals surface area contributed by atoms with Crippen molar-refractivity contribution in [3.8, 4) is 5.75 Å². The van der Waals surface area contributed by atoms with E-state index in [0.717, 1.165) is 21.8 Å². The average molecular weight is 445 g/mol. The van der Waals surface area contributed by atoms with Gasteiger partial charge >= 0.3 is 0 Å². The third-order valence-electron chi connectivity index (χ3n) is 3.47. The van der Waals surface area contributed by atoms with Crippen molar-refractivity contribution in [2.24, 2.45) is 0 Å². The number of aromatic amines is 1. The summed E-state index contributed by atoms with van der Waals surface area (Å²) >= 11 is 4.39. The Hall–Kier alpha value is -2.58. The predicted octanol–water partition coefficient (Wildman–Crippen LogP) is 3.34. The van der Waals surface area contributed by atoms with E-state index in [0.29, 0.717) is 28.9 Å². The summed E-state index contributed by atoms with van der Waals surface area (Å²) in [6, 6.07) is 15.2. The molecule has 1 N–H and O–H groups in total. The molecule has 0 bridgehead atoms. The summed E-state index contributed by atoms with van der Waals surface area (Å²) in [5.74, 6) is -0.0101. The molecular weight excluding hydrogens is 430 g/mol. The number of nitrogens with zero attached hydrogens (tertiary/aromatic N) is 2. The molecule has 2 aromatic carbocycles. The van der Waals surface area contributed by atoms with Gasteiger partial charge in [-0.05, 0) is 64.0 Å². The van der Waals surface area contributed by atoms with Crippen molar-refractivity contribution in [3.05, 3.63) is 74.9 Å². The van der Waals surface area contributed by atoms with Gasteiger partial charge < -0.3 is 14.6 Å². The zero-order valence-corrected chi connectivity index (χ0v) is 16.7. The SMILES string of the molecule is Cc1nc(S/C(=C\c2ccc(OCc3ccccc3)c(Br)c2)C(=O)[O-])n[nH]1. The first-order valence-electron chi connectivity index (χ1n) is 7.97. The zero-order valence-electron chi connectivity index (χ0n) is 14.3. The second-order valence-corrected chi connectivity index (χ2v) is 7.43. The van der Waals surface area contributed by atoms with E-state index in [4.69, 9.17) is 4.74 Å². The second kappa shape index (κ2) is 8.88. The molecule has 0 atom stereocenters. The Balaban J connectivity index is 1.74. The smallest absolute Gasteiger partial charge is 0.213 e. The summed E-state index contributed by atoms with van der Waals surface area (Å²) in [6.45, 7) is 2.18. The lowest BCUT2D eigenvalue weighted by molar-refractivity contribution is -0.297. The Morgan fingerprint density at radius 3 is 2.70 bits per heavy atom. The number of aryl methyl sites for hydroxylation is 1. The molecule has 27 heavy (non-hydrogen) atoms. The zero-order chi connectivity index (χ0) is 19.2. The first-order chi connectivity index (χ1) is 13.0. The highest BCUT2D eigenvalue weighted by Gasteiger charge is 2.09. The molecule has 1 heterocycles. The minimum Gasteiger partial charge on any atom is -0.544 e. The van der Waals surface area contributed by atoms with Crippen LogP contribution in [-0.2, 0) is 11.4 Å². The Bertz CT molecular complexity index is 973. The molecule has 1 aromatic heterocycles. The van der Waals surface area contributed by atoms with Crippen LogP contribution in [0.3, 0.4) is 0 Å². The highest BCUT2D eigenvalue weighted by molar-refractivity contribution is 9.10. The maximum atomic E-state index is 11.4. The monoisotopic (exact) mass is 444 g/mol. The number of hydrogen-bond donors (Lipinski definition) is 1. The topological polar surface area (TPSA) is 90.9 Å². The number of carboxylic acid groups (broad SMARTS) is 1. The molecule has 138 valence electrons. The van der Waals surface area contributed by atoms with Crippen LogP contribution in [0.15, 0.2) is 63.1 Å². The third-order valence-corrected chi connectivity index (χ3v) is 4.96. The molecule has 0 saturated carbocycles. The quantitative estimate of drug-likeness (QED) is 0.443. The van der Waals surface area contributed by atoms with Gasteiger partial charge in [0.15, 0.2) is 0 Å². The van der Waals surface area contributed by atoms with Crippen LogP contribution in [0.5, 0.6) is 5.75 Å². The minimum absolute atomic E-state index is 0.0128. The number of carbonyl (C=O) groups excluding carboxylic acids is 1. The number of nitrogens with one attached hydrogen (secondary N) is 1. The van der Waals surface area contributed by atoms with E-state index in [1.807, 2.05) is 30.3 Å². The summed E-state index contributed by atoms with van der Waals surface area (Å²) in [5, 5.41) is 18.4. The molecule has 0 fully saturated rings. The lowest BCUT2D eigenvalue weighted by Gasteiger charge is -2.10. The highest BCUT2D eigenvalue weighted by Crippen LogP contribution is 2.30. The molecule has 8 heteroatoms. The highest BCUT2D eigenvalue weighted by atomic mass is 79.9. The van der Waals surface area contributed by atoms with Crippen molar-refractivity contribution in [3.63, 3.8) is 0 Å². The number of thioether (sulfide) groups is 1. The Labute approximate surface area is 168 Å². The van der Waals surface area contributed by atoms with E-state index in [1.54, 1.807) is 25.1 Å². The fourth-order valence-corrected chi connectivity index (χ4v) is 3.47. The van der Waals surface area contributed by atoms with Crippen LogP contribution < -0.4 is 9.84 Å². The number of rotatable bonds is 7. The van der Waals surface area contributed by atoms with Crippen LogP contribution in [0.25, 0.3) is 6.08 Å². The summed E-state index contributed by atoms with van der Waals surface area (Å²) < 4.78 is 6.53. The van der Waals surface area contributed by atoms with Gasteiger partial charge in [-0.2, -0.15) is 0 Å². The summed E-state index contributed by atoms with van der Waals surface area (Å²) in [6.07, 6.45) is 1.51. The van der Waals surface area contributed by atoms with Crippen molar-refractivity contribution in [1.29, 1.82) is 0 Å². The predicted molar refractivity (Wildman–Crippen MR) is 105 cm³/mol. The van der Waals surface area contributed by atoms with Crippen molar-refractivity contribution >= 4 is 39.7 Å². The van der Waals surface area contributed by atoms with Gasteiger partial charge in [-0.15, -0.1) is 5.10 Å². The van der Waals surface area contributed by atoms with Gasteiger partial charge in [-0.25, -0.2) is 4.98 Å². The van der Waals surface area contributed by atoms with Crippen LogP contribution in [0.2, 0.25) is 0 Å².